The van der Waals surface area contributed by atoms with Crippen LogP contribution in [0.15, 0.2) is 36.0 Å². The number of carbonyl (C=O) groups is 2. The maximum absolute atomic E-state index is 12.0. The number of nitrogens with two attached hydrogens (primary N) is 1. The zero-order valence-electron chi connectivity index (χ0n) is 11.8. The molecule has 2 aliphatic rings. The quantitative estimate of drug-likeness (QED) is 0.539. The highest BCUT2D eigenvalue weighted by atomic mass is 16.5. The van der Waals surface area contributed by atoms with Crippen LogP contribution in [0.1, 0.15) is 12.0 Å². The maximum atomic E-state index is 12.0. The van der Waals surface area contributed by atoms with Crippen molar-refractivity contribution in [2.45, 2.75) is 24.8 Å². The fourth-order valence-electron chi connectivity index (χ4n) is 2.66. The van der Waals surface area contributed by atoms with E-state index in [9.17, 15) is 14.7 Å². The summed E-state index contributed by atoms with van der Waals surface area (Å²) >= 11 is 0. The zero-order valence-corrected chi connectivity index (χ0v) is 11.8. The zero-order chi connectivity index (χ0) is 15.7. The highest BCUT2D eigenvalue weighted by Gasteiger charge is 2.44. The van der Waals surface area contributed by atoms with Crippen LogP contribution in [0.5, 0.6) is 0 Å². The number of nitrogens with one attached hydrogen (secondary N) is 1. The second-order valence-electron chi connectivity index (χ2n) is 5.28. The topological polar surface area (TPSA) is 105 Å². The fraction of sp³-hybridized carbons (Fsp3) is 0.333. The van der Waals surface area contributed by atoms with E-state index in [-0.39, 0.29) is 18.3 Å². The summed E-state index contributed by atoms with van der Waals surface area (Å²) in [7, 11) is 0. The molecule has 0 aromatic heterocycles. The molecule has 2 heterocycles. The van der Waals surface area contributed by atoms with Gasteiger partial charge in [-0.15, -0.1) is 0 Å². The Morgan fingerprint density at radius 3 is 2.73 bits per heavy atom. The number of urea groups is 1. The van der Waals surface area contributed by atoms with Crippen molar-refractivity contribution in [1.29, 1.82) is 0 Å². The van der Waals surface area contributed by atoms with E-state index in [2.05, 4.69) is 5.32 Å². The number of carbonyl (C=O) groups excluding carboxylic acids is 2. The van der Waals surface area contributed by atoms with Gasteiger partial charge >= 0.3 is 6.03 Å². The molecule has 2 fully saturated rings. The van der Waals surface area contributed by atoms with Crippen LogP contribution in [0.2, 0.25) is 0 Å². The molecule has 1 aromatic carbocycles. The summed E-state index contributed by atoms with van der Waals surface area (Å²) in [6.45, 7) is -0.223. The first-order chi connectivity index (χ1) is 10.6. The predicted octanol–water partition coefficient (Wildman–Crippen LogP) is 0.0139. The van der Waals surface area contributed by atoms with Crippen LogP contribution >= 0.6 is 0 Å². The third-order valence-electron chi connectivity index (χ3n) is 3.79. The lowest BCUT2D eigenvalue weighted by Gasteiger charge is -2.22. The van der Waals surface area contributed by atoms with E-state index in [0.29, 0.717) is 6.42 Å². The number of imide groups is 1. The van der Waals surface area contributed by atoms with Crippen molar-refractivity contribution >= 4 is 18.0 Å². The van der Waals surface area contributed by atoms with Gasteiger partial charge < -0.3 is 15.6 Å². The van der Waals surface area contributed by atoms with Gasteiger partial charge in [0.1, 0.15) is 11.9 Å². The third kappa shape index (κ3) is 2.61. The number of nitrogens with zero attached hydrogens (tertiary/aromatic N) is 1. The standard InChI is InChI=1S/C15H17N3O4/c16-10-7-13(22-12(10)8-19)18-11(14(20)17-15(18)21)6-9-4-2-1-3-5-9/h1-6,10,12-13,19H,7-8,16H2,(H,17,20,21)/b11-6-/t10-,12+,13-/m0/s1. The van der Waals surface area contributed by atoms with Crippen LogP contribution in [0.25, 0.3) is 6.08 Å². The second kappa shape index (κ2) is 5.88. The Bertz CT molecular complexity index is 616. The molecule has 7 heteroatoms. The van der Waals surface area contributed by atoms with Crippen molar-refractivity contribution in [3.05, 3.63) is 41.6 Å². The molecular weight excluding hydrogens is 286 g/mol. The van der Waals surface area contributed by atoms with Gasteiger partial charge in [0.15, 0.2) is 0 Å². The lowest BCUT2D eigenvalue weighted by Crippen LogP contribution is -2.37. The highest BCUT2D eigenvalue weighted by Crippen LogP contribution is 2.28. The van der Waals surface area contributed by atoms with Gasteiger partial charge in [0.25, 0.3) is 5.91 Å². The SMILES string of the molecule is N[C@H]1C[C@@H](N2C(=O)NC(=O)/C2=C/c2ccccc2)O[C@@H]1CO. The summed E-state index contributed by atoms with van der Waals surface area (Å²) < 4.78 is 5.59. The number of rotatable bonds is 3. The average molecular weight is 303 g/mol. The molecule has 0 bridgehead atoms. The van der Waals surface area contributed by atoms with E-state index in [1.165, 1.54) is 4.90 Å². The largest absolute Gasteiger partial charge is 0.394 e. The molecule has 0 unspecified atom stereocenters. The molecule has 7 nitrogen and oxygen atoms in total. The van der Waals surface area contributed by atoms with Gasteiger partial charge in [-0.1, -0.05) is 30.3 Å². The van der Waals surface area contributed by atoms with Crippen molar-refractivity contribution in [3.8, 4) is 0 Å². The maximum Gasteiger partial charge on any atom is 0.331 e. The minimum Gasteiger partial charge on any atom is -0.394 e. The summed E-state index contributed by atoms with van der Waals surface area (Å²) in [5, 5.41) is 11.5. The van der Waals surface area contributed by atoms with Crippen molar-refractivity contribution in [1.82, 2.24) is 10.2 Å². The first-order valence-electron chi connectivity index (χ1n) is 7.03. The van der Waals surface area contributed by atoms with Crippen LogP contribution in [0.3, 0.4) is 0 Å². The monoisotopic (exact) mass is 303 g/mol. The van der Waals surface area contributed by atoms with Crippen molar-refractivity contribution in [2.24, 2.45) is 5.73 Å². The molecule has 0 aliphatic carbocycles. The molecule has 2 saturated heterocycles. The Kier molecular flexibility index (Phi) is 3.93. The lowest BCUT2D eigenvalue weighted by atomic mass is 10.1. The molecule has 3 amide bonds. The summed E-state index contributed by atoms with van der Waals surface area (Å²) in [4.78, 5) is 25.3. The summed E-state index contributed by atoms with van der Waals surface area (Å²) in [5.41, 5.74) is 6.89. The minimum absolute atomic E-state index is 0.215. The number of aliphatic hydroxyl groups is 1. The Labute approximate surface area is 127 Å². The molecular formula is C15H17N3O4. The van der Waals surface area contributed by atoms with Gasteiger partial charge in [-0.05, 0) is 11.6 Å². The van der Waals surface area contributed by atoms with Crippen LogP contribution in [-0.2, 0) is 9.53 Å². The number of hydrogen-bond donors (Lipinski definition) is 3. The van der Waals surface area contributed by atoms with E-state index in [1.807, 2.05) is 30.3 Å². The molecule has 0 spiro atoms. The number of hydrogen-bond acceptors (Lipinski definition) is 5. The average Bonchev–Trinajstić information content (AvgIpc) is 3.00. The van der Waals surface area contributed by atoms with Crippen LogP contribution < -0.4 is 11.1 Å². The molecule has 0 saturated carbocycles. The molecule has 1 aromatic rings. The van der Waals surface area contributed by atoms with Gasteiger partial charge in [0.05, 0.1) is 12.7 Å². The Hall–Kier alpha value is -2.22. The van der Waals surface area contributed by atoms with Gasteiger partial charge in [-0.2, -0.15) is 0 Å². The van der Waals surface area contributed by atoms with Crippen LogP contribution in [0, 0.1) is 0 Å². The van der Waals surface area contributed by atoms with E-state index in [4.69, 9.17) is 10.5 Å². The third-order valence-corrected chi connectivity index (χ3v) is 3.79. The van der Waals surface area contributed by atoms with Gasteiger partial charge in [-0.25, -0.2) is 4.79 Å². The normalized spacial score (nSPS) is 30.2. The van der Waals surface area contributed by atoms with E-state index in [0.717, 1.165) is 5.56 Å². The van der Waals surface area contributed by atoms with E-state index < -0.39 is 24.3 Å². The molecule has 2 aliphatic heterocycles. The van der Waals surface area contributed by atoms with Gasteiger partial charge in [0, 0.05) is 12.5 Å². The summed E-state index contributed by atoms with van der Waals surface area (Å²) in [6.07, 6.45) is 0.791. The minimum atomic E-state index is -0.659. The molecule has 4 N–H and O–H groups in total. The van der Waals surface area contributed by atoms with Crippen molar-refractivity contribution in [3.63, 3.8) is 0 Å². The Balaban J connectivity index is 1.90. The Morgan fingerprint density at radius 1 is 1.36 bits per heavy atom. The van der Waals surface area contributed by atoms with Crippen molar-refractivity contribution in [2.75, 3.05) is 6.61 Å². The number of benzene rings is 1. The molecule has 22 heavy (non-hydrogen) atoms. The van der Waals surface area contributed by atoms with Crippen LogP contribution in [0.4, 0.5) is 4.79 Å². The lowest BCUT2D eigenvalue weighted by molar-refractivity contribution is -0.116. The summed E-state index contributed by atoms with van der Waals surface area (Å²) in [6, 6.07) is 8.30. The first-order valence-corrected chi connectivity index (χ1v) is 7.03. The van der Waals surface area contributed by atoms with Gasteiger partial charge in [-0.3, -0.25) is 15.0 Å². The van der Waals surface area contributed by atoms with E-state index >= 15 is 0 Å². The number of aliphatic hydroxyl groups excluding tert-OH is 1. The smallest absolute Gasteiger partial charge is 0.331 e. The number of ether oxygens (including phenoxy) is 1. The molecule has 3 rings (SSSR count). The first kappa shape index (κ1) is 14.7. The fourth-order valence-corrected chi connectivity index (χ4v) is 2.66. The summed E-state index contributed by atoms with van der Waals surface area (Å²) in [5.74, 6) is -0.474. The second-order valence-corrected chi connectivity index (χ2v) is 5.28. The predicted molar refractivity (Wildman–Crippen MR) is 78.1 cm³/mol. The van der Waals surface area contributed by atoms with Crippen LogP contribution in [-0.4, -0.2) is 46.9 Å². The molecule has 116 valence electrons. The van der Waals surface area contributed by atoms with Gasteiger partial charge in [0.2, 0.25) is 0 Å². The molecule has 0 radical (unpaired) electrons. The molecule has 3 atom stereocenters. The van der Waals surface area contributed by atoms with E-state index in [1.54, 1.807) is 6.08 Å². The highest BCUT2D eigenvalue weighted by molar-refractivity contribution is 6.14. The Morgan fingerprint density at radius 2 is 2.09 bits per heavy atom. The van der Waals surface area contributed by atoms with Crippen molar-refractivity contribution < 1.29 is 19.4 Å². The number of amides is 3.